The summed E-state index contributed by atoms with van der Waals surface area (Å²) in [6.07, 6.45) is 2.59. The summed E-state index contributed by atoms with van der Waals surface area (Å²) in [5, 5.41) is 3.95. The molecule has 28 heavy (non-hydrogen) atoms. The number of ether oxygens (including phenoxy) is 1. The monoisotopic (exact) mass is 422 g/mol. The maximum Gasteiger partial charge on any atom is 0.226 e. The first-order valence-electron chi connectivity index (χ1n) is 9.52. The van der Waals surface area contributed by atoms with Crippen LogP contribution in [0, 0.1) is 5.92 Å². The average molecular weight is 423 g/mol. The summed E-state index contributed by atoms with van der Waals surface area (Å²) in [7, 11) is 1.99. The molecule has 3 rings (SSSR count). The average Bonchev–Trinajstić information content (AvgIpc) is 2.69. The number of likely N-dealkylation sites (tertiary alicyclic amines) is 1. The summed E-state index contributed by atoms with van der Waals surface area (Å²) < 4.78 is 5.87. The van der Waals surface area contributed by atoms with Crippen molar-refractivity contribution in [3.8, 4) is 5.75 Å². The Bertz CT molecular complexity index is 744. The highest BCUT2D eigenvalue weighted by Gasteiger charge is 2.22. The van der Waals surface area contributed by atoms with Crippen molar-refractivity contribution in [2.75, 3.05) is 26.7 Å². The molecule has 0 bridgehead atoms. The molecule has 2 aromatic carbocycles. The first kappa shape index (κ1) is 22.5. The number of hydrogen-bond acceptors (Lipinski definition) is 3. The fourth-order valence-electron chi connectivity index (χ4n) is 3.45. The van der Waals surface area contributed by atoms with E-state index in [9.17, 15) is 4.79 Å². The number of nitrogens with one attached hydrogen (secondary N) is 1. The lowest BCUT2D eigenvalue weighted by atomic mass is 9.96. The van der Waals surface area contributed by atoms with Crippen molar-refractivity contribution in [1.29, 1.82) is 0 Å². The molecule has 0 unspecified atom stereocenters. The van der Waals surface area contributed by atoms with Crippen molar-refractivity contribution in [2.45, 2.75) is 25.9 Å². The molecule has 0 radical (unpaired) electrons. The van der Waals surface area contributed by atoms with Gasteiger partial charge in [-0.25, -0.2) is 0 Å². The molecule has 1 aliphatic heterocycles. The Kier molecular flexibility index (Phi) is 9.10. The third-order valence-electron chi connectivity index (χ3n) is 5.03. The van der Waals surface area contributed by atoms with E-state index in [0.29, 0.717) is 24.0 Å². The zero-order valence-electron chi connectivity index (χ0n) is 16.2. The summed E-state index contributed by atoms with van der Waals surface area (Å²) in [6, 6.07) is 15.4. The minimum atomic E-state index is 0. The number of rotatable bonds is 7. The molecule has 6 heteroatoms. The van der Waals surface area contributed by atoms with Crippen molar-refractivity contribution in [2.24, 2.45) is 5.92 Å². The van der Waals surface area contributed by atoms with Gasteiger partial charge in [0.2, 0.25) is 5.91 Å². The largest absolute Gasteiger partial charge is 0.489 e. The molecule has 2 aromatic rings. The van der Waals surface area contributed by atoms with E-state index in [1.807, 2.05) is 60.5 Å². The molecule has 1 aliphatic rings. The minimum absolute atomic E-state index is 0. The lowest BCUT2D eigenvalue weighted by Crippen LogP contribution is -2.41. The van der Waals surface area contributed by atoms with Gasteiger partial charge in [0.25, 0.3) is 0 Å². The molecule has 0 spiro atoms. The van der Waals surface area contributed by atoms with E-state index in [1.165, 1.54) is 0 Å². The van der Waals surface area contributed by atoms with E-state index in [0.717, 1.165) is 49.4 Å². The van der Waals surface area contributed by atoms with Crippen molar-refractivity contribution in [1.82, 2.24) is 10.2 Å². The fraction of sp³-hybridized carbons (Fsp3) is 0.409. The molecule has 0 saturated carbocycles. The molecular formula is C22H28Cl2N2O2. The zero-order valence-corrected chi connectivity index (χ0v) is 17.8. The van der Waals surface area contributed by atoms with E-state index in [-0.39, 0.29) is 18.3 Å². The van der Waals surface area contributed by atoms with Gasteiger partial charge < -0.3 is 15.0 Å². The van der Waals surface area contributed by atoms with Crippen LogP contribution < -0.4 is 10.1 Å². The number of amides is 1. The topological polar surface area (TPSA) is 41.6 Å². The van der Waals surface area contributed by atoms with E-state index in [1.54, 1.807) is 0 Å². The Morgan fingerprint density at radius 3 is 2.54 bits per heavy atom. The minimum Gasteiger partial charge on any atom is -0.489 e. The number of carbonyl (C=O) groups is 1. The first-order valence-corrected chi connectivity index (χ1v) is 9.90. The molecular weight excluding hydrogens is 395 g/mol. The van der Waals surface area contributed by atoms with Crippen molar-refractivity contribution in [3.63, 3.8) is 0 Å². The quantitative estimate of drug-likeness (QED) is 0.721. The van der Waals surface area contributed by atoms with E-state index in [4.69, 9.17) is 16.3 Å². The summed E-state index contributed by atoms with van der Waals surface area (Å²) >= 11 is 5.91. The molecule has 1 fully saturated rings. The van der Waals surface area contributed by atoms with Crippen LogP contribution in [-0.4, -0.2) is 37.5 Å². The van der Waals surface area contributed by atoms with Gasteiger partial charge in [-0.3, -0.25) is 4.79 Å². The highest BCUT2D eigenvalue weighted by molar-refractivity contribution is 6.30. The van der Waals surface area contributed by atoms with Gasteiger partial charge in [0.1, 0.15) is 12.4 Å². The van der Waals surface area contributed by atoms with Crippen LogP contribution in [0.3, 0.4) is 0 Å². The van der Waals surface area contributed by atoms with Gasteiger partial charge >= 0.3 is 0 Å². The van der Waals surface area contributed by atoms with Crippen LogP contribution >= 0.6 is 24.0 Å². The summed E-state index contributed by atoms with van der Waals surface area (Å²) in [5.74, 6) is 1.67. The standard InChI is InChI=1S/C22H27ClN2O2.ClH/c1-24-15-17-9-11-25(12-10-17)22(26)14-19-3-2-4-21(13-19)27-16-18-5-7-20(23)8-6-18;/h2-8,13,17,24H,9-12,14-16H2,1H3;1H. The van der Waals surface area contributed by atoms with Crippen LogP contribution in [0.15, 0.2) is 48.5 Å². The highest BCUT2D eigenvalue weighted by atomic mass is 35.5. The van der Waals surface area contributed by atoms with Crippen molar-refractivity contribution >= 4 is 29.9 Å². The van der Waals surface area contributed by atoms with Gasteiger partial charge in [-0.2, -0.15) is 0 Å². The number of benzene rings is 2. The van der Waals surface area contributed by atoms with Crippen LogP contribution in [0.4, 0.5) is 0 Å². The third-order valence-corrected chi connectivity index (χ3v) is 5.28. The van der Waals surface area contributed by atoms with Gasteiger partial charge in [0, 0.05) is 18.1 Å². The van der Waals surface area contributed by atoms with Gasteiger partial charge in [0.05, 0.1) is 6.42 Å². The van der Waals surface area contributed by atoms with Crippen LogP contribution in [-0.2, 0) is 17.8 Å². The Hall–Kier alpha value is -1.75. The maximum absolute atomic E-state index is 12.6. The predicted octanol–water partition coefficient (Wildman–Crippen LogP) is 4.34. The molecule has 0 aliphatic carbocycles. The van der Waals surface area contributed by atoms with E-state index < -0.39 is 0 Å². The summed E-state index contributed by atoms with van der Waals surface area (Å²) in [5.41, 5.74) is 2.05. The van der Waals surface area contributed by atoms with E-state index in [2.05, 4.69) is 5.32 Å². The first-order chi connectivity index (χ1) is 13.1. The summed E-state index contributed by atoms with van der Waals surface area (Å²) in [6.45, 7) is 3.23. The SMILES string of the molecule is CNCC1CCN(C(=O)Cc2cccc(OCc3ccc(Cl)cc3)c2)CC1.Cl. The Balaban J connectivity index is 0.00000280. The number of carbonyl (C=O) groups excluding carboxylic acids is 1. The highest BCUT2D eigenvalue weighted by Crippen LogP contribution is 2.20. The second-order valence-corrected chi connectivity index (χ2v) is 7.56. The third kappa shape index (κ3) is 6.69. The van der Waals surface area contributed by atoms with Crippen LogP contribution in [0.25, 0.3) is 0 Å². The van der Waals surface area contributed by atoms with Crippen molar-refractivity contribution in [3.05, 3.63) is 64.7 Å². The second kappa shape index (κ2) is 11.3. The lowest BCUT2D eigenvalue weighted by molar-refractivity contribution is -0.131. The Morgan fingerprint density at radius 1 is 1.14 bits per heavy atom. The normalized spacial score (nSPS) is 14.4. The number of nitrogens with zero attached hydrogens (tertiary/aromatic N) is 1. The molecule has 1 N–H and O–H groups in total. The van der Waals surface area contributed by atoms with Gasteiger partial charge in [0.15, 0.2) is 0 Å². The molecule has 1 saturated heterocycles. The smallest absolute Gasteiger partial charge is 0.226 e. The molecule has 0 atom stereocenters. The molecule has 152 valence electrons. The van der Waals surface area contributed by atoms with Crippen LogP contribution in [0.2, 0.25) is 5.02 Å². The van der Waals surface area contributed by atoms with E-state index >= 15 is 0 Å². The fourth-order valence-corrected chi connectivity index (χ4v) is 3.58. The molecule has 1 heterocycles. The van der Waals surface area contributed by atoms with Crippen LogP contribution in [0.5, 0.6) is 5.75 Å². The Labute approximate surface area is 178 Å². The number of halogens is 2. The molecule has 4 nitrogen and oxygen atoms in total. The second-order valence-electron chi connectivity index (χ2n) is 7.12. The predicted molar refractivity (Wildman–Crippen MR) is 116 cm³/mol. The van der Waals surface area contributed by atoms with Gasteiger partial charge in [-0.15, -0.1) is 12.4 Å². The molecule has 1 amide bonds. The summed E-state index contributed by atoms with van der Waals surface area (Å²) in [4.78, 5) is 14.6. The lowest BCUT2D eigenvalue weighted by Gasteiger charge is -2.32. The van der Waals surface area contributed by atoms with Crippen LogP contribution in [0.1, 0.15) is 24.0 Å². The Morgan fingerprint density at radius 2 is 1.86 bits per heavy atom. The molecule has 0 aromatic heterocycles. The maximum atomic E-state index is 12.6. The number of piperidine rings is 1. The van der Waals surface area contributed by atoms with Gasteiger partial charge in [-0.05, 0) is 67.7 Å². The van der Waals surface area contributed by atoms with Gasteiger partial charge in [-0.1, -0.05) is 35.9 Å². The zero-order chi connectivity index (χ0) is 19.1. The number of hydrogen-bond donors (Lipinski definition) is 1. The van der Waals surface area contributed by atoms with Crippen molar-refractivity contribution < 1.29 is 9.53 Å².